The number of amides is 1. The lowest BCUT2D eigenvalue weighted by Gasteiger charge is -2.18. The largest absolute Gasteiger partial charge is 0.488 e. The number of nitrogens with zero attached hydrogens (tertiary/aromatic N) is 1. The Morgan fingerprint density at radius 2 is 1.96 bits per heavy atom. The molecule has 0 aliphatic carbocycles. The Balaban J connectivity index is 1.72. The van der Waals surface area contributed by atoms with Crippen molar-refractivity contribution in [2.45, 2.75) is 19.1 Å². The molecule has 2 N–H and O–H groups in total. The van der Waals surface area contributed by atoms with Crippen LogP contribution in [0.1, 0.15) is 22.3 Å². The van der Waals surface area contributed by atoms with Gasteiger partial charge in [0, 0.05) is 19.1 Å². The number of carbonyl (C=O) groups excluding carboxylic acids is 1. The monoisotopic (exact) mass is 314 g/mol. The molecule has 1 aliphatic heterocycles. The molecule has 5 heteroatoms. The Hall–Kier alpha value is -2.40. The lowest BCUT2D eigenvalue weighted by Crippen LogP contribution is -2.32. The zero-order valence-electron chi connectivity index (χ0n) is 12.7. The molecule has 2 aromatic carbocycles. The molecule has 3 rings (SSSR count). The summed E-state index contributed by atoms with van der Waals surface area (Å²) in [5.74, 6) is 0.185. The van der Waals surface area contributed by atoms with Crippen molar-refractivity contribution in [1.29, 1.82) is 0 Å². The summed E-state index contributed by atoms with van der Waals surface area (Å²) in [6.45, 7) is 1.53. The molecule has 1 amide bonds. The van der Waals surface area contributed by atoms with E-state index >= 15 is 0 Å². The molecule has 0 unspecified atom stereocenters. The number of likely N-dealkylation sites (tertiary alicyclic amines) is 1. The summed E-state index contributed by atoms with van der Waals surface area (Å²) in [5.41, 5.74) is 7.25. The van der Waals surface area contributed by atoms with Crippen LogP contribution in [0.4, 0.5) is 4.39 Å². The van der Waals surface area contributed by atoms with Gasteiger partial charge in [-0.2, -0.15) is 0 Å². The molecule has 1 fully saturated rings. The smallest absolute Gasteiger partial charge is 0.257 e. The van der Waals surface area contributed by atoms with E-state index in [4.69, 9.17) is 10.5 Å². The summed E-state index contributed by atoms with van der Waals surface area (Å²) in [6, 6.07) is 13.3. The van der Waals surface area contributed by atoms with Crippen molar-refractivity contribution in [3.63, 3.8) is 0 Å². The van der Waals surface area contributed by atoms with Crippen LogP contribution in [0, 0.1) is 5.82 Å². The van der Waals surface area contributed by atoms with Gasteiger partial charge in [0.25, 0.3) is 5.91 Å². The van der Waals surface area contributed by atoms with E-state index in [-0.39, 0.29) is 24.4 Å². The zero-order valence-corrected chi connectivity index (χ0v) is 12.7. The molecule has 1 saturated heterocycles. The first-order valence-corrected chi connectivity index (χ1v) is 7.64. The molecule has 120 valence electrons. The molecule has 1 atom stereocenters. The third kappa shape index (κ3) is 3.68. The van der Waals surface area contributed by atoms with E-state index < -0.39 is 0 Å². The van der Waals surface area contributed by atoms with Crippen LogP contribution >= 0.6 is 0 Å². The molecule has 4 nitrogen and oxygen atoms in total. The predicted octanol–water partition coefficient (Wildman–Crippen LogP) is 2.58. The van der Waals surface area contributed by atoms with Gasteiger partial charge in [-0.05, 0) is 36.2 Å². The Morgan fingerprint density at radius 1 is 1.22 bits per heavy atom. The fourth-order valence-corrected chi connectivity index (χ4v) is 2.65. The molecule has 0 spiro atoms. The summed E-state index contributed by atoms with van der Waals surface area (Å²) in [6.07, 6.45) is 0.824. The fraction of sp³-hybridized carbons (Fsp3) is 0.278. The van der Waals surface area contributed by atoms with Gasteiger partial charge < -0.3 is 15.4 Å². The zero-order chi connectivity index (χ0) is 16.2. The van der Waals surface area contributed by atoms with Crippen molar-refractivity contribution in [3.8, 4) is 5.75 Å². The average molecular weight is 314 g/mol. The van der Waals surface area contributed by atoms with Gasteiger partial charge in [0.15, 0.2) is 0 Å². The quantitative estimate of drug-likeness (QED) is 0.943. The maximum Gasteiger partial charge on any atom is 0.257 e. The number of hydrogen-bond acceptors (Lipinski definition) is 3. The van der Waals surface area contributed by atoms with Crippen LogP contribution in [0.5, 0.6) is 5.75 Å². The minimum atomic E-state index is -0.283. The second-order valence-electron chi connectivity index (χ2n) is 5.71. The van der Waals surface area contributed by atoms with Crippen LogP contribution in [-0.4, -0.2) is 29.9 Å². The summed E-state index contributed by atoms with van der Waals surface area (Å²) < 4.78 is 18.7. The SMILES string of the molecule is N[C@@H]1CCN(C(=O)c2ccccc2OCc2ccc(F)cc2)C1. The topological polar surface area (TPSA) is 55.6 Å². The number of carbonyl (C=O) groups is 1. The van der Waals surface area contributed by atoms with Crippen molar-refractivity contribution in [1.82, 2.24) is 4.90 Å². The minimum absolute atomic E-state index is 0.0474. The number of para-hydroxylation sites is 1. The van der Waals surface area contributed by atoms with E-state index in [9.17, 15) is 9.18 Å². The van der Waals surface area contributed by atoms with Crippen LogP contribution in [-0.2, 0) is 6.61 Å². The van der Waals surface area contributed by atoms with Crippen LogP contribution in [0.3, 0.4) is 0 Å². The summed E-state index contributed by atoms with van der Waals surface area (Å²) in [7, 11) is 0. The van der Waals surface area contributed by atoms with Crippen molar-refractivity contribution in [2.75, 3.05) is 13.1 Å². The molecule has 1 aliphatic rings. The maximum absolute atomic E-state index is 12.9. The average Bonchev–Trinajstić information content (AvgIpc) is 3.00. The van der Waals surface area contributed by atoms with E-state index in [0.29, 0.717) is 24.4 Å². The second-order valence-corrected chi connectivity index (χ2v) is 5.71. The molecule has 0 saturated carbocycles. The summed E-state index contributed by atoms with van der Waals surface area (Å²) in [5, 5.41) is 0. The highest BCUT2D eigenvalue weighted by Crippen LogP contribution is 2.23. The molecule has 2 aromatic rings. The molecule has 0 bridgehead atoms. The lowest BCUT2D eigenvalue weighted by molar-refractivity contribution is 0.0786. The van der Waals surface area contributed by atoms with Gasteiger partial charge in [-0.3, -0.25) is 4.79 Å². The highest BCUT2D eigenvalue weighted by atomic mass is 19.1. The van der Waals surface area contributed by atoms with Gasteiger partial charge in [-0.25, -0.2) is 4.39 Å². The third-order valence-corrected chi connectivity index (χ3v) is 3.94. The van der Waals surface area contributed by atoms with Crippen LogP contribution < -0.4 is 10.5 Å². The number of benzene rings is 2. The molecule has 0 radical (unpaired) electrons. The number of halogens is 1. The minimum Gasteiger partial charge on any atom is -0.488 e. The highest BCUT2D eigenvalue weighted by molar-refractivity contribution is 5.97. The molecular formula is C18H19FN2O2. The Labute approximate surface area is 134 Å². The van der Waals surface area contributed by atoms with Crippen LogP contribution in [0.15, 0.2) is 48.5 Å². The first kappa shape index (κ1) is 15.5. The molecular weight excluding hydrogens is 295 g/mol. The number of hydrogen-bond donors (Lipinski definition) is 1. The molecule has 23 heavy (non-hydrogen) atoms. The van der Waals surface area contributed by atoms with Crippen LogP contribution in [0.25, 0.3) is 0 Å². The van der Waals surface area contributed by atoms with Crippen molar-refractivity contribution in [3.05, 3.63) is 65.5 Å². The Morgan fingerprint density at radius 3 is 2.65 bits per heavy atom. The maximum atomic E-state index is 12.9. The van der Waals surface area contributed by atoms with E-state index in [2.05, 4.69) is 0 Å². The number of rotatable bonds is 4. The lowest BCUT2D eigenvalue weighted by atomic mass is 10.1. The van der Waals surface area contributed by atoms with Gasteiger partial charge in [0.2, 0.25) is 0 Å². The fourth-order valence-electron chi connectivity index (χ4n) is 2.65. The molecule has 1 heterocycles. The summed E-state index contributed by atoms with van der Waals surface area (Å²) >= 11 is 0. The van der Waals surface area contributed by atoms with E-state index in [0.717, 1.165) is 12.0 Å². The Kier molecular flexibility index (Phi) is 4.57. The van der Waals surface area contributed by atoms with Gasteiger partial charge in [0.05, 0.1) is 5.56 Å². The number of ether oxygens (including phenoxy) is 1. The van der Waals surface area contributed by atoms with E-state index in [1.807, 2.05) is 12.1 Å². The van der Waals surface area contributed by atoms with Crippen molar-refractivity contribution in [2.24, 2.45) is 5.73 Å². The van der Waals surface area contributed by atoms with E-state index in [1.54, 1.807) is 29.2 Å². The Bertz CT molecular complexity index is 688. The van der Waals surface area contributed by atoms with Gasteiger partial charge >= 0.3 is 0 Å². The first-order chi connectivity index (χ1) is 11.1. The summed E-state index contributed by atoms with van der Waals surface area (Å²) in [4.78, 5) is 14.4. The van der Waals surface area contributed by atoms with Crippen molar-refractivity contribution >= 4 is 5.91 Å². The third-order valence-electron chi connectivity index (χ3n) is 3.94. The predicted molar refractivity (Wildman–Crippen MR) is 85.7 cm³/mol. The molecule has 0 aromatic heterocycles. The second kappa shape index (κ2) is 6.79. The van der Waals surface area contributed by atoms with Crippen molar-refractivity contribution < 1.29 is 13.9 Å². The normalized spacial score (nSPS) is 17.3. The van der Waals surface area contributed by atoms with Gasteiger partial charge in [-0.15, -0.1) is 0 Å². The highest BCUT2D eigenvalue weighted by Gasteiger charge is 2.26. The number of nitrogens with two attached hydrogens (primary N) is 1. The van der Waals surface area contributed by atoms with Gasteiger partial charge in [0.1, 0.15) is 18.2 Å². The van der Waals surface area contributed by atoms with E-state index in [1.165, 1.54) is 12.1 Å². The first-order valence-electron chi connectivity index (χ1n) is 7.64. The van der Waals surface area contributed by atoms with Gasteiger partial charge in [-0.1, -0.05) is 24.3 Å². The standard InChI is InChI=1S/C18H19FN2O2/c19-14-7-5-13(6-8-14)12-23-17-4-2-1-3-16(17)18(22)21-10-9-15(20)11-21/h1-8,15H,9-12,20H2/t15-/m1/s1. The van der Waals surface area contributed by atoms with Crippen LogP contribution in [0.2, 0.25) is 0 Å².